The van der Waals surface area contributed by atoms with Crippen molar-refractivity contribution >= 4 is 29.5 Å². The number of aryl methyl sites for hydroxylation is 1. The second-order valence-electron chi connectivity index (χ2n) is 16.9. The van der Waals surface area contributed by atoms with Crippen LogP contribution < -0.4 is 37.5 Å². The van der Waals surface area contributed by atoms with Crippen LogP contribution in [-0.2, 0) is 38.6 Å². The van der Waals surface area contributed by atoms with Gasteiger partial charge in [-0.15, -0.1) is 10.2 Å². The summed E-state index contributed by atoms with van der Waals surface area (Å²) in [5, 5.41) is 36.3. The van der Waals surface area contributed by atoms with Crippen molar-refractivity contribution in [2.45, 2.75) is 102 Å². The van der Waals surface area contributed by atoms with Crippen LogP contribution >= 0.6 is 0 Å². The number of hydrogen-bond acceptors (Lipinski definition) is 12. The molecule has 2 heterocycles. The lowest BCUT2D eigenvalue weighted by atomic mass is 9.93. The van der Waals surface area contributed by atoms with E-state index in [0.29, 0.717) is 59.4 Å². The van der Waals surface area contributed by atoms with Crippen molar-refractivity contribution in [1.82, 2.24) is 46.8 Å². The third-order valence-electron chi connectivity index (χ3n) is 12.0. The summed E-state index contributed by atoms with van der Waals surface area (Å²) in [4.78, 5) is 72.7. The van der Waals surface area contributed by atoms with Crippen LogP contribution in [0.15, 0.2) is 84.9 Å². The second-order valence-corrected chi connectivity index (χ2v) is 16.9. The van der Waals surface area contributed by atoms with Gasteiger partial charge in [-0.2, -0.15) is 5.21 Å². The van der Waals surface area contributed by atoms with E-state index < -0.39 is 53.7 Å². The highest BCUT2D eigenvalue weighted by Gasteiger charge is 2.36. The number of aromatic amines is 1. The minimum atomic E-state index is -1.37. The Kier molecular flexibility index (Phi) is 18.1. The van der Waals surface area contributed by atoms with Crippen molar-refractivity contribution in [3.63, 3.8) is 0 Å². The Morgan fingerprint density at radius 2 is 1.62 bits per heavy atom. The van der Waals surface area contributed by atoms with Crippen LogP contribution in [0.2, 0.25) is 0 Å². The number of aromatic nitrogens is 4. The summed E-state index contributed by atoms with van der Waals surface area (Å²) in [7, 11) is 1.47. The van der Waals surface area contributed by atoms with E-state index in [0.717, 1.165) is 30.4 Å². The number of fused-ring (bicyclic) bond motifs is 5. The number of amides is 5. The molecule has 18 heteroatoms. The maximum absolute atomic E-state index is 14.9. The minimum absolute atomic E-state index is 0.00443. The zero-order valence-electron chi connectivity index (χ0n) is 38.9. The molecule has 0 radical (unpaired) electrons. The lowest BCUT2D eigenvalue weighted by Crippen LogP contribution is -2.56. The van der Waals surface area contributed by atoms with Crippen LogP contribution in [0.3, 0.4) is 0 Å². The number of rotatable bonds is 20. The molecule has 6 rings (SSSR count). The molecule has 360 valence electrons. The Morgan fingerprint density at radius 3 is 2.29 bits per heavy atom. The van der Waals surface area contributed by atoms with Crippen LogP contribution in [0.25, 0.3) is 22.3 Å². The quantitative estimate of drug-likeness (QED) is 0.0515. The molecule has 1 aromatic heterocycles. The van der Waals surface area contributed by atoms with Gasteiger partial charge in [-0.1, -0.05) is 86.9 Å². The lowest BCUT2D eigenvalue weighted by molar-refractivity contribution is -0.142. The standard InChI is InChI=1S/C50H63N11O7/c1-4-6-10-31-12-15-33(16-13-31)34-17-19-35(20-18-34)46(63)55-40(11-8-7-9-24-51)50(67)61(3)45-36-21-23-43(68-26-25-52)38(29-36)37-27-32(14-22-42(37)62)28-41(47(64)53-30-44-57-59-60-58-44)56-48(65)39(5-2)54-49(45)66/h12-23,27,29,39-41,45,62H,4-11,24-26,28,30,51-52H2,1-3H3,(H,53,64)(H,54,66)(H,55,63)(H,56,65)(H,57,58,59,60). The molecule has 10 N–H and O–H groups in total. The third-order valence-corrected chi connectivity index (χ3v) is 12.0. The van der Waals surface area contributed by atoms with Gasteiger partial charge in [0.05, 0.1) is 6.54 Å². The van der Waals surface area contributed by atoms with E-state index in [4.69, 9.17) is 16.2 Å². The Bertz CT molecular complexity index is 2480. The number of likely N-dealkylation sites (N-methyl/N-ethyl adjacent to an activating group) is 1. The maximum atomic E-state index is 14.9. The molecular formula is C50H63N11O7. The highest BCUT2D eigenvalue weighted by molar-refractivity contribution is 5.99. The predicted molar refractivity (Wildman–Crippen MR) is 257 cm³/mol. The Balaban J connectivity index is 1.34. The average Bonchev–Trinajstić information content (AvgIpc) is 3.88. The molecule has 18 nitrogen and oxygen atoms in total. The first kappa shape index (κ1) is 50.2. The summed E-state index contributed by atoms with van der Waals surface area (Å²) in [6.07, 6.45) is 5.61. The number of unbranched alkanes of at least 4 members (excludes halogenated alkanes) is 3. The molecule has 0 aliphatic carbocycles. The van der Waals surface area contributed by atoms with Crippen molar-refractivity contribution < 1.29 is 33.8 Å². The number of aromatic hydroxyl groups is 1. The average molecular weight is 930 g/mol. The minimum Gasteiger partial charge on any atom is -0.507 e. The number of tetrazole rings is 1. The van der Waals surface area contributed by atoms with Crippen LogP contribution in [-0.4, -0.2) is 105 Å². The number of phenolic OH excluding ortho intramolecular Hbond substituents is 1. The number of nitrogens with zero attached hydrogens (tertiary/aromatic N) is 4. The van der Waals surface area contributed by atoms with Crippen molar-refractivity contribution in [2.75, 3.05) is 26.7 Å². The number of hydrogen-bond donors (Lipinski definition) is 8. The fourth-order valence-corrected chi connectivity index (χ4v) is 8.17. The third kappa shape index (κ3) is 13.0. The topological polar surface area (TPSA) is 273 Å². The number of nitrogens with one attached hydrogen (secondary N) is 5. The lowest BCUT2D eigenvalue weighted by Gasteiger charge is -2.33. The molecule has 1 aliphatic rings. The Labute approximate surface area is 396 Å². The zero-order chi connectivity index (χ0) is 48.6. The molecule has 4 bridgehead atoms. The number of H-pyrrole nitrogens is 1. The van der Waals surface area contributed by atoms with Gasteiger partial charge in [-0.25, -0.2) is 0 Å². The summed E-state index contributed by atoms with van der Waals surface area (Å²) in [6, 6.07) is 20.5. The Morgan fingerprint density at radius 1 is 0.868 bits per heavy atom. The predicted octanol–water partition coefficient (Wildman–Crippen LogP) is 3.99. The highest BCUT2D eigenvalue weighted by Crippen LogP contribution is 2.39. The zero-order valence-corrected chi connectivity index (χ0v) is 38.9. The summed E-state index contributed by atoms with van der Waals surface area (Å²) >= 11 is 0. The summed E-state index contributed by atoms with van der Waals surface area (Å²) in [5.74, 6) is -2.52. The molecule has 4 atom stereocenters. The van der Waals surface area contributed by atoms with Gasteiger partial charge >= 0.3 is 0 Å². The van der Waals surface area contributed by atoms with E-state index in [1.54, 1.807) is 49.4 Å². The first-order valence-electron chi connectivity index (χ1n) is 23.3. The number of carbonyl (C=O) groups excluding carboxylic acids is 5. The van der Waals surface area contributed by atoms with Gasteiger partial charge in [-0.3, -0.25) is 24.0 Å². The van der Waals surface area contributed by atoms with Gasteiger partial charge in [0.1, 0.15) is 42.3 Å². The number of carbonyl (C=O) groups is 5. The van der Waals surface area contributed by atoms with E-state index in [9.17, 15) is 29.1 Å². The van der Waals surface area contributed by atoms with E-state index in [-0.39, 0.29) is 50.5 Å². The van der Waals surface area contributed by atoms with E-state index >= 15 is 0 Å². The molecule has 68 heavy (non-hydrogen) atoms. The van der Waals surface area contributed by atoms with E-state index in [2.05, 4.69) is 73.1 Å². The van der Waals surface area contributed by atoms with E-state index in [1.807, 2.05) is 12.1 Å². The molecule has 0 fully saturated rings. The molecule has 1 aliphatic heterocycles. The molecule has 5 amide bonds. The first-order chi connectivity index (χ1) is 32.9. The monoisotopic (exact) mass is 929 g/mol. The van der Waals surface area contributed by atoms with Crippen molar-refractivity contribution in [3.05, 3.63) is 113 Å². The van der Waals surface area contributed by atoms with Crippen LogP contribution in [0.5, 0.6) is 11.5 Å². The molecule has 0 saturated heterocycles. The van der Waals surface area contributed by atoms with E-state index in [1.165, 1.54) is 23.6 Å². The van der Waals surface area contributed by atoms with Gasteiger partial charge in [0.15, 0.2) is 5.82 Å². The van der Waals surface area contributed by atoms with Gasteiger partial charge in [-0.05, 0) is 103 Å². The fourth-order valence-electron chi connectivity index (χ4n) is 8.17. The largest absolute Gasteiger partial charge is 0.507 e. The molecule has 5 aromatic rings. The smallest absolute Gasteiger partial charge is 0.251 e. The van der Waals surface area contributed by atoms with Crippen molar-refractivity contribution in [1.29, 1.82) is 0 Å². The van der Waals surface area contributed by atoms with Crippen LogP contribution in [0.4, 0.5) is 0 Å². The second kappa shape index (κ2) is 24.5. The molecular weight excluding hydrogens is 867 g/mol. The fraction of sp³-hybridized carbons (Fsp3) is 0.400. The van der Waals surface area contributed by atoms with Crippen molar-refractivity contribution in [2.24, 2.45) is 11.5 Å². The molecule has 0 spiro atoms. The Hall–Kier alpha value is -7.18. The van der Waals surface area contributed by atoms with Gasteiger partial charge in [0.2, 0.25) is 23.6 Å². The van der Waals surface area contributed by atoms with Gasteiger partial charge in [0.25, 0.3) is 5.91 Å². The summed E-state index contributed by atoms with van der Waals surface area (Å²) in [6.45, 7) is 4.57. The first-order valence-corrected chi connectivity index (χ1v) is 23.3. The van der Waals surface area contributed by atoms with Gasteiger partial charge in [0, 0.05) is 36.7 Å². The number of benzene rings is 4. The summed E-state index contributed by atoms with van der Waals surface area (Å²) < 4.78 is 6.06. The maximum Gasteiger partial charge on any atom is 0.251 e. The number of nitrogens with two attached hydrogens (primary N) is 2. The van der Waals surface area contributed by atoms with Crippen molar-refractivity contribution in [3.8, 4) is 33.8 Å². The number of phenols is 1. The molecule has 4 unspecified atom stereocenters. The summed E-state index contributed by atoms with van der Waals surface area (Å²) in [5.41, 5.74) is 16.8. The molecule has 4 aromatic carbocycles. The number of ether oxygens (including phenoxy) is 1. The normalized spacial score (nSPS) is 16.4. The SMILES string of the molecule is CCCCc1ccc(-c2ccc(C(=O)NC(CCCCCN)C(=O)N(C)C3C(=O)NC(CC)C(=O)NC(C(=O)NCc4nn[nH]n4)Cc4ccc(O)c(c4)-c4cc3ccc4OCCN)cc2)cc1. The highest BCUT2D eigenvalue weighted by atomic mass is 16.5. The van der Waals surface area contributed by atoms with Crippen LogP contribution in [0.1, 0.15) is 97.7 Å². The molecule has 0 saturated carbocycles. The van der Waals surface area contributed by atoms with Gasteiger partial charge < -0.3 is 47.5 Å². The van der Waals surface area contributed by atoms with Crippen LogP contribution in [0, 0.1) is 0 Å².